The van der Waals surface area contributed by atoms with Gasteiger partial charge in [0.1, 0.15) is 0 Å². The highest BCUT2D eigenvalue weighted by atomic mass is 14.9. The Kier molecular flexibility index (Phi) is 39.1. The second kappa shape index (κ2) is 32.5. The van der Waals surface area contributed by atoms with Gasteiger partial charge in [-0.15, -0.1) is 0 Å². The first-order valence-electron chi connectivity index (χ1n) is 9.39. The predicted octanol–water partition coefficient (Wildman–Crippen LogP) is 2.77. The Labute approximate surface area is 140 Å². The normalized spacial score (nSPS) is 9.91. The van der Waals surface area contributed by atoms with Crippen LogP contribution in [0.15, 0.2) is 12.2 Å². The summed E-state index contributed by atoms with van der Waals surface area (Å²) >= 11 is 0. The molecule has 0 rings (SSSR count). The maximum atomic E-state index is 3.40. The molecular weight excluding hydrogens is 272 g/mol. The van der Waals surface area contributed by atoms with Gasteiger partial charge in [0.05, 0.1) is 0 Å². The number of rotatable bonds is 14. The zero-order chi connectivity index (χ0) is 17.3. The number of hydrogen-bond donors (Lipinski definition) is 4. The summed E-state index contributed by atoms with van der Waals surface area (Å²) in [7, 11) is 0. The van der Waals surface area contributed by atoms with Crippen LogP contribution in [-0.2, 0) is 0 Å². The molecular formula is C18H44N4. The van der Waals surface area contributed by atoms with Crippen LogP contribution in [-0.4, -0.2) is 52.4 Å². The maximum absolute atomic E-state index is 3.40. The highest BCUT2D eigenvalue weighted by molar-refractivity contribution is 4.85. The predicted molar refractivity (Wildman–Crippen MR) is 104 cm³/mol. The van der Waals surface area contributed by atoms with E-state index >= 15 is 0 Å². The van der Waals surface area contributed by atoms with E-state index in [1.807, 2.05) is 27.7 Å². The van der Waals surface area contributed by atoms with E-state index in [4.69, 9.17) is 0 Å². The van der Waals surface area contributed by atoms with Crippen molar-refractivity contribution < 1.29 is 0 Å². The molecule has 0 amide bonds. The summed E-state index contributed by atoms with van der Waals surface area (Å²) in [4.78, 5) is 0. The second-order valence-electron chi connectivity index (χ2n) is 4.29. The molecule has 0 aliphatic heterocycles. The minimum absolute atomic E-state index is 0.977. The monoisotopic (exact) mass is 316 g/mol. The van der Waals surface area contributed by atoms with Crippen LogP contribution in [0.25, 0.3) is 0 Å². The lowest BCUT2D eigenvalue weighted by Crippen LogP contribution is -2.22. The SMILES string of the molecule is CC.CC.CCNCCCNC/C=C\CNCCCNCC. The molecule has 0 spiro atoms. The van der Waals surface area contributed by atoms with E-state index in [2.05, 4.69) is 47.3 Å². The molecule has 0 aliphatic rings. The molecule has 22 heavy (non-hydrogen) atoms. The first-order valence-corrected chi connectivity index (χ1v) is 9.39. The Hall–Kier alpha value is -0.420. The fourth-order valence-corrected chi connectivity index (χ4v) is 1.57. The topological polar surface area (TPSA) is 48.1 Å². The number of hydrogen-bond acceptors (Lipinski definition) is 4. The molecule has 0 heterocycles. The average Bonchev–Trinajstić information content (AvgIpc) is 2.59. The minimum Gasteiger partial charge on any atom is -0.317 e. The van der Waals surface area contributed by atoms with Crippen LogP contribution in [0.4, 0.5) is 0 Å². The van der Waals surface area contributed by atoms with E-state index in [0.717, 1.165) is 52.4 Å². The van der Waals surface area contributed by atoms with E-state index in [0.29, 0.717) is 0 Å². The summed E-state index contributed by atoms with van der Waals surface area (Å²) < 4.78 is 0. The highest BCUT2D eigenvalue weighted by Gasteiger charge is 1.86. The summed E-state index contributed by atoms with van der Waals surface area (Å²) in [6.07, 6.45) is 6.80. The summed E-state index contributed by atoms with van der Waals surface area (Å²) in [5.74, 6) is 0. The van der Waals surface area contributed by atoms with Crippen LogP contribution in [0, 0.1) is 0 Å². The first-order chi connectivity index (χ1) is 10.9. The van der Waals surface area contributed by atoms with Gasteiger partial charge in [0.15, 0.2) is 0 Å². The second-order valence-corrected chi connectivity index (χ2v) is 4.29. The molecule has 0 atom stereocenters. The van der Waals surface area contributed by atoms with Crippen LogP contribution in [0.3, 0.4) is 0 Å². The van der Waals surface area contributed by atoms with Gasteiger partial charge in [-0.3, -0.25) is 0 Å². The van der Waals surface area contributed by atoms with E-state index < -0.39 is 0 Å². The first kappa shape index (κ1) is 26.5. The summed E-state index contributed by atoms with van der Waals surface area (Å²) in [5.41, 5.74) is 0. The van der Waals surface area contributed by atoms with Gasteiger partial charge in [-0.2, -0.15) is 0 Å². The van der Waals surface area contributed by atoms with Crippen molar-refractivity contribution in [3.8, 4) is 0 Å². The van der Waals surface area contributed by atoms with Crippen LogP contribution in [0.1, 0.15) is 54.4 Å². The molecule has 0 aromatic carbocycles. The standard InChI is InChI=1S/C14H32N4.2C2H6/c1-3-15-11-7-13-17-9-5-6-10-18-14-8-12-16-4-2;2*1-2/h5-6,15-18H,3-4,7-14H2,1-2H3;2*1-2H3/b6-5-;;. The largest absolute Gasteiger partial charge is 0.317 e. The summed E-state index contributed by atoms with van der Waals surface area (Å²) in [6.45, 7) is 20.8. The molecule has 0 fully saturated rings. The van der Waals surface area contributed by atoms with Crippen molar-refractivity contribution in [1.29, 1.82) is 0 Å². The van der Waals surface area contributed by atoms with Crippen LogP contribution >= 0.6 is 0 Å². The summed E-state index contributed by atoms with van der Waals surface area (Å²) in [5, 5.41) is 13.4. The lowest BCUT2D eigenvalue weighted by atomic mass is 10.4. The number of nitrogens with one attached hydrogen (secondary N) is 4. The van der Waals surface area contributed by atoms with Gasteiger partial charge in [0.25, 0.3) is 0 Å². The van der Waals surface area contributed by atoms with Crippen molar-refractivity contribution in [3.05, 3.63) is 12.2 Å². The molecule has 0 aromatic heterocycles. The maximum Gasteiger partial charge on any atom is 0.0135 e. The Morgan fingerprint density at radius 2 is 0.864 bits per heavy atom. The van der Waals surface area contributed by atoms with Gasteiger partial charge in [-0.1, -0.05) is 53.7 Å². The molecule has 4 nitrogen and oxygen atoms in total. The molecule has 4 heteroatoms. The molecule has 136 valence electrons. The van der Waals surface area contributed by atoms with Crippen LogP contribution in [0.2, 0.25) is 0 Å². The van der Waals surface area contributed by atoms with Crippen molar-refractivity contribution in [2.45, 2.75) is 54.4 Å². The quantitative estimate of drug-likeness (QED) is 0.294. The van der Waals surface area contributed by atoms with E-state index in [-0.39, 0.29) is 0 Å². The highest BCUT2D eigenvalue weighted by Crippen LogP contribution is 1.76. The fourth-order valence-electron chi connectivity index (χ4n) is 1.57. The van der Waals surface area contributed by atoms with Crippen molar-refractivity contribution in [1.82, 2.24) is 21.3 Å². The van der Waals surface area contributed by atoms with Crippen LogP contribution in [0.5, 0.6) is 0 Å². The van der Waals surface area contributed by atoms with Gasteiger partial charge in [0, 0.05) is 13.1 Å². The molecule has 0 aliphatic carbocycles. The third kappa shape index (κ3) is 31.8. The smallest absolute Gasteiger partial charge is 0.0135 e. The van der Waals surface area contributed by atoms with Gasteiger partial charge in [0.2, 0.25) is 0 Å². The molecule has 0 aromatic rings. The zero-order valence-electron chi connectivity index (χ0n) is 16.2. The van der Waals surface area contributed by atoms with Gasteiger partial charge in [-0.05, 0) is 52.1 Å². The Morgan fingerprint density at radius 1 is 0.545 bits per heavy atom. The molecule has 0 saturated carbocycles. The van der Waals surface area contributed by atoms with Crippen molar-refractivity contribution >= 4 is 0 Å². The van der Waals surface area contributed by atoms with Crippen LogP contribution < -0.4 is 21.3 Å². The van der Waals surface area contributed by atoms with Crippen molar-refractivity contribution in [2.24, 2.45) is 0 Å². The Bertz CT molecular complexity index is 154. The van der Waals surface area contributed by atoms with E-state index in [9.17, 15) is 0 Å². The van der Waals surface area contributed by atoms with E-state index in [1.165, 1.54) is 12.8 Å². The van der Waals surface area contributed by atoms with Gasteiger partial charge < -0.3 is 21.3 Å². The average molecular weight is 317 g/mol. The lowest BCUT2D eigenvalue weighted by Gasteiger charge is -2.03. The lowest BCUT2D eigenvalue weighted by molar-refractivity contribution is 0.624. The van der Waals surface area contributed by atoms with Crippen molar-refractivity contribution in [2.75, 3.05) is 52.4 Å². The molecule has 0 radical (unpaired) electrons. The fraction of sp³-hybridized carbons (Fsp3) is 0.889. The van der Waals surface area contributed by atoms with Gasteiger partial charge in [-0.25, -0.2) is 0 Å². The zero-order valence-corrected chi connectivity index (χ0v) is 16.2. The molecule has 4 N–H and O–H groups in total. The third-order valence-corrected chi connectivity index (χ3v) is 2.61. The summed E-state index contributed by atoms with van der Waals surface area (Å²) in [6, 6.07) is 0. The third-order valence-electron chi connectivity index (χ3n) is 2.61. The van der Waals surface area contributed by atoms with Crippen molar-refractivity contribution in [3.63, 3.8) is 0 Å². The molecule has 0 unspecified atom stereocenters. The Balaban J connectivity index is -0.000000826. The minimum atomic E-state index is 0.977. The molecule has 0 bridgehead atoms. The molecule has 0 saturated heterocycles. The van der Waals surface area contributed by atoms with E-state index in [1.54, 1.807) is 0 Å². The Morgan fingerprint density at radius 3 is 1.18 bits per heavy atom. The van der Waals surface area contributed by atoms with Gasteiger partial charge >= 0.3 is 0 Å².